The highest BCUT2D eigenvalue weighted by Gasteiger charge is 2.25. The lowest BCUT2D eigenvalue weighted by atomic mass is 10.0. The summed E-state index contributed by atoms with van der Waals surface area (Å²) in [5.41, 5.74) is 1.96. The SMILES string of the molecule is CCCN(CCC)CCCCN(C)C(C(=O)O)c1ccc(CN(CC2=NCCN2C)Cc2ncc[nH]2)cc1. The first-order chi connectivity index (χ1) is 18.4. The fourth-order valence-electron chi connectivity index (χ4n) is 5.16. The molecule has 1 aliphatic rings. The molecule has 2 N–H and O–H groups in total. The number of H-pyrrole nitrogens is 1. The molecule has 3 rings (SSSR count). The highest BCUT2D eigenvalue weighted by atomic mass is 16.4. The van der Waals surface area contributed by atoms with E-state index in [1.807, 2.05) is 30.3 Å². The predicted molar refractivity (Wildman–Crippen MR) is 153 cm³/mol. The topological polar surface area (TPSA) is 91.3 Å². The molecule has 0 radical (unpaired) electrons. The van der Waals surface area contributed by atoms with Crippen molar-refractivity contribution in [2.24, 2.45) is 4.99 Å². The van der Waals surface area contributed by atoms with E-state index in [1.54, 1.807) is 6.20 Å². The van der Waals surface area contributed by atoms with Gasteiger partial charge in [0.1, 0.15) is 17.7 Å². The number of likely N-dealkylation sites (N-methyl/N-ethyl adjacent to an activating group) is 2. The lowest BCUT2D eigenvalue weighted by molar-refractivity contribution is -0.143. The van der Waals surface area contributed by atoms with E-state index in [9.17, 15) is 9.90 Å². The molecule has 0 fully saturated rings. The standard InChI is InChI=1S/C29H47N7O2/c1-5-16-35(17-6-2)19-8-7-18-34(4)28(29(37)38)25-11-9-24(10-12-25)21-36(22-26-30-13-14-31-26)23-27-32-15-20-33(27)3/h9-14,28H,5-8,15-23H2,1-4H3,(H,30,31)(H,37,38). The number of rotatable bonds is 18. The molecule has 1 atom stereocenters. The van der Waals surface area contributed by atoms with Gasteiger partial charge in [0.25, 0.3) is 0 Å². The normalized spacial score (nSPS) is 14.6. The zero-order chi connectivity index (χ0) is 27.3. The number of aliphatic carboxylic acids is 1. The highest BCUT2D eigenvalue weighted by Crippen LogP contribution is 2.22. The number of hydrogen-bond acceptors (Lipinski definition) is 7. The van der Waals surface area contributed by atoms with E-state index in [2.05, 4.69) is 62.7 Å². The van der Waals surface area contributed by atoms with E-state index >= 15 is 0 Å². The van der Waals surface area contributed by atoms with Gasteiger partial charge in [-0.15, -0.1) is 0 Å². The van der Waals surface area contributed by atoms with Crippen LogP contribution < -0.4 is 0 Å². The Hall–Kier alpha value is -2.75. The molecule has 1 aliphatic heterocycles. The van der Waals surface area contributed by atoms with Gasteiger partial charge in [0.05, 0.1) is 19.6 Å². The second-order valence-corrected chi connectivity index (χ2v) is 10.4. The molecule has 1 aromatic heterocycles. The van der Waals surface area contributed by atoms with Gasteiger partial charge in [0.15, 0.2) is 0 Å². The number of aromatic amines is 1. The van der Waals surface area contributed by atoms with Crippen molar-refractivity contribution in [3.63, 3.8) is 0 Å². The summed E-state index contributed by atoms with van der Waals surface area (Å²) >= 11 is 0. The third-order valence-electron chi connectivity index (χ3n) is 7.15. The van der Waals surface area contributed by atoms with Gasteiger partial charge in [0, 0.05) is 32.5 Å². The molecular formula is C29H47N7O2. The van der Waals surface area contributed by atoms with E-state index in [-0.39, 0.29) is 0 Å². The smallest absolute Gasteiger partial charge is 0.325 e. The van der Waals surface area contributed by atoms with Crippen molar-refractivity contribution in [2.75, 3.05) is 59.9 Å². The van der Waals surface area contributed by atoms with Crippen LogP contribution in [0.25, 0.3) is 0 Å². The monoisotopic (exact) mass is 525 g/mol. The Kier molecular flexibility index (Phi) is 12.2. The molecule has 1 aromatic carbocycles. The fraction of sp³-hybridized carbons (Fsp3) is 0.621. The van der Waals surface area contributed by atoms with Crippen molar-refractivity contribution in [2.45, 2.75) is 58.7 Å². The van der Waals surface area contributed by atoms with Gasteiger partial charge < -0.3 is 19.9 Å². The Morgan fingerprint density at radius 2 is 1.74 bits per heavy atom. The molecule has 38 heavy (non-hydrogen) atoms. The molecule has 0 aliphatic carbocycles. The van der Waals surface area contributed by atoms with Crippen LogP contribution in [0.2, 0.25) is 0 Å². The van der Waals surface area contributed by atoms with Crippen LogP contribution in [0, 0.1) is 0 Å². The van der Waals surface area contributed by atoms with Crippen LogP contribution in [0.5, 0.6) is 0 Å². The molecule has 0 amide bonds. The van der Waals surface area contributed by atoms with Crippen LogP contribution in [0.15, 0.2) is 41.7 Å². The van der Waals surface area contributed by atoms with Crippen LogP contribution in [0.3, 0.4) is 0 Å². The summed E-state index contributed by atoms with van der Waals surface area (Å²) in [6, 6.07) is 7.41. The molecule has 210 valence electrons. The summed E-state index contributed by atoms with van der Waals surface area (Å²) in [5.74, 6) is 1.21. The maximum Gasteiger partial charge on any atom is 0.325 e. The average Bonchev–Trinajstić information content (AvgIpc) is 3.55. The molecule has 2 aromatic rings. The van der Waals surface area contributed by atoms with Gasteiger partial charge in [-0.3, -0.25) is 19.6 Å². The quantitative estimate of drug-likeness (QED) is 0.287. The number of hydrogen-bond donors (Lipinski definition) is 2. The lowest BCUT2D eigenvalue weighted by Crippen LogP contribution is -2.36. The van der Waals surface area contributed by atoms with E-state index in [4.69, 9.17) is 0 Å². The summed E-state index contributed by atoms with van der Waals surface area (Å²) in [6.07, 6.45) is 8.03. The third kappa shape index (κ3) is 9.22. The predicted octanol–water partition coefficient (Wildman–Crippen LogP) is 3.72. The van der Waals surface area contributed by atoms with Crippen LogP contribution in [-0.2, 0) is 17.9 Å². The number of amidine groups is 1. The number of imidazole rings is 1. The molecule has 0 bridgehead atoms. The van der Waals surface area contributed by atoms with Crippen molar-refractivity contribution in [1.82, 2.24) is 29.6 Å². The van der Waals surface area contributed by atoms with Crippen molar-refractivity contribution < 1.29 is 9.90 Å². The summed E-state index contributed by atoms with van der Waals surface area (Å²) in [6.45, 7) is 12.5. The first-order valence-corrected chi connectivity index (χ1v) is 14.1. The zero-order valence-electron chi connectivity index (χ0n) is 23.8. The summed E-state index contributed by atoms with van der Waals surface area (Å²) in [7, 11) is 4.01. The van der Waals surface area contributed by atoms with Crippen molar-refractivity contribution in [3.05, 3.63) is 53.6 Å². The van der Waals surface area contributed by atoms with E-state index in [0.717, 1.165) is 88.0 Å². The zero-order valence-corrected chi connectivity index (χ0v) is 23.8. The summed E-state index contributed by atoms with van der Waals surface area (Å²) in [5, 5.41) is 10.0. The number of aromatic nitrogens is 2. The summed E-state index contributed by atoms with van der Waals surface area (Å²) in [4.78, 5) is 33.5. The number of benzene rings is 1. The number of carboxylic acid groups (broad SMARTS) is 1. The Morgan fingerprint density at radius 3 is 2.32 bits per heavy atom. The molecule has 0 saturated heterocycles. The maximum absolute atomic E-state index is 12.2. The number of carbonyl (C=O) groups is 1. The third-order valence-corrected chi connectivity index (χ3v) is 7.15. The van der Waals surface area contributed by atoms with Gasteiger partial charge in [-0.25, -0.2) is 4.98 Å². The fourth-order valence-corrected chi connectivity index (χ4v) is 5.16. The molecule has 1 unspecified atom stereocenters. The largest absolute Gasteiger partial charge is 0.480 e. The number of carboxylic acids is 1. The maximum atomic E-state index is 12.2. The number of nitrogens with zero attached hydrogens (tertiary/aromatic N) is 6. The Morgan fingerprint density at radius 1 is 1.03 bits per heavy atom. The Labute approximate surface area is 228 Å². The minimum absolute atomic E-state index is 0.646. The van der Waals surface area contributed by atoms with E-state index < -0.39 is 12.0 Å². The molecule has 9 heteroatoms. The minimum atomic E-state index is -0.805. The molecule has 9 nitrogen and oxygen atoms in total. The van der Waals surface area contributed by atoms with E-state index in [0.29, 0.717) is 6.54 Å². The van der Waals surface area contributed by atoms with Crippen LogP contribution in [0.4, 0.5) is 0 Å². The van der Waals surface area contributed by atoms with Gasteiger partial charge in [-0.1, -0.05) is 38.1 Å². The summed E-state index contributed by atoms with van der Waals surface area (Å²) < 4.78 is 0. The average molecular weight is 526 g/mol. The first-order valence-electron chi connectivity index (χ1n) is 14.1. The van der Waals surface area contributed by atoms with Gasteiger partial charge in [0.2, 0.25) is 0 Å². The van der Waals surface area contributed by atoms with Gasteiger partial charge in [-0.2, -0.15) is 0 Å². The van der Waals surface area contributed by atoms with Crippen molar-refractivity contribution in [3.8, 4) is 0 Å². The van der Waals surface area contributed by atoms with Crippen LogP contribution in [0.1, 0.15) is 62.5 Å². The van der Waals surface area contributed by atoms with Crippen LogP contribution >= 0.6 is 0 Å². The van der Waals surface area contributed by atoms with Crippen molar-refractivity contribution in [1.29, 1.82) is 0 Å². The number of nitrogens with one attached hydrogen (secondary N) is 1. The second-order valence-electron chi connectivity index (χ2n) is 10.4. The Balaban J connectivity index is 1.59. The second kappa shape index (κ2) is 15.6. The molecular weight excluding hydrogens is 478 g/mol. The van der Waals surface area contributed by atoms with Gasteiger partial charge >= 0.3 is 5.97 Å². The van der Waals surface area contributed by atoms with Crippen molar-refractivity contribution >= 4 is 11.8 Å². The lowest BCUT2D eigenvalue weighted by Gasteiger charge is -2.27. The van der Waals surface area contributed by atoms with E-state index in [1.165, 1.54) is 12.8 Å². The number of unbranched alkanes of at least 4 members (excludes halogenated alkanes) is 1. The molecule has 0 saturated carbocycles. The highest BCUT2D eigenvalue weighted by molar-refractivity contribution is 5.85. The Bertz CT molecular complexity index is 971. The first kappa shape index (κ1) is 29.8. The number of aliphatic imine (C=N–C) groups is 1. The molecule has 2 heterocycles. The molecule has 0 spiro atoms. The van der Waals surface area contributed by atoms with Crippen LogP contribution in [-0.4, -0.2) is 106 Å². The minimum Gasteiger partial charge on any atom is -0.480 e. The van der Waals surface area contributed by atoms with Gasteiger partial charge in [-0.05, 0) is 70.0 Å².